The Bertz CT molecular complexity index is 382. The van der Waals surface area contributed by atoms with Crippen molar-refractivity contribution in [1.29, 1.82) is 0 Å². The second kappa shape index (κ2) is 8.51. The lowest BCUT2D eigenvalue weighted by Crippen LogP contribution is -2.35. The molecule has 0 aliphatic rings. The minimum atomic E-state index is -0.169. The van der Waals surface area contributed by atoms with Gasteiger partial charge in [-0.25, -0.2) is 4.39 Å². The Morgan fingerprint density at radius 2 is 2.11 bits per heavy atom. The van der Waals surface area contributed by atoms with E-state index < -0.39 is 0 Å². The lowest BCUT2D eigenvalue weighted by atomic mass is 10.0. The summed E-state index contributed by atoms with van der Waals surface area (Å²) in [6.07, 6.45) is 2.76. The average Bonchev–Trinajstić information content (AvgIpc) is 2.36. The van der Waals surface area contributed by atoms with Gasteiger partial charge in [-0.15, -0.1) is 0 Å². The van der Waals surface area contributed by atoms with Crippen LogP contribution in [-0.2, 0) is 6.42 Å². The highest BCUT2D eigenvalue weighted by molar-refractivity contribution is 6.30. The molecule has 0 radical (unpaired) electrons. The van der Waals surface area contributed by atoms with Gasteiger partial charge in [0, 0.05) is 11.1 Å². The Balaban J connectivity index is 2.66. The van der Waals surface area contributed by atoms with Gasteiger partial charge in [0.1, 0.15) is 5.82 Å². The van der Waals surface area contributed by atoms with E-state index in [4.69, 9.17) is 11.6 Å². The summed E-state index contributed by atoms with van der Waals surface area (Å²) in [6.45, 7) is 4.08. The third-order valence-electron chi connectivity index (χ3n) is 3.08. The molecule has 19 heavy (non-hydrogen) atoms. The molecular formula is C15H24ClFN2. The predicted octanol–water partition coefficient (Wildman–Crippen LogP) is 3.34. The van der Waals surface area contributed by atoms with E-state index in [1.54, 1.807) is 12.1 Å². The zero-order valence-corrected chi connectivity index (χ0v) is 12.8. The summed E-state index contributed by atoms with van der Waals surface area (Å²) in [5, 5.41) is 4.08. The van der Waals surface area contributed by atoms with Crippen LogP contribution in [0, 0.1) is 5.82 Å². The first-order valence-corrected chi connectivity index (χ1v) is 7.22. The molecule has 0 aromatic heterocycles. The lowest BCUT2D eigenvalue weighted by molar-refractivity contribution is 0.355. The zero-order valence-electron chi connectivity index (χ0n) is 12.0. The largest absolute Gasteiger partial charge is 0.314 e. The number of hydrogen-bond acceptors (Lipinski definition) is 2. The predicted molar refractivity (Wildman–Crippen MR) is 80.4 cm³/mol. The average molecular weight is 287 g/mol. The van der Waals surface area contributed by atoms with Gasteiger partial charge in [0.2, 0.25) is 0 Å². The second-order valence-electron chi connectivity index (χ2n) is 5.18. The highest BCUT2D eigenvalue weighted by atomic mass is 35.5. The van der Waals surface area contributed by atoms with Crippen molar-refractivity contribution in [3.63, 3.8) is 0 Å². The third kappa shape index (κ3) is 6.37. The molecule has 4 heteroatoms. The van der Waals surface area contributed by atoms with E-state index in [1.807, 2.05) is 0 Å². The first kappa shape index (κ1) is 16.4. The summed E-state index contributed by atoms with van der Waals surface area (Å²) in [5.41, 5.74) is 0.694. The Morgan fingerprint density at radius 3 is 2.74 bits per heavy atom. The maximum Gasteiger partial charge on any atom is 0.126 e. The molecule has 0 bridgehead atoms. The maximum atomic E-state index is 13.8. The fourth-order valence-electron chi connectivity index (χ4n) is 2.00. The highest BCUT2D eigenvalue weighted by Gasteiger charge is 2.12. The third-order valence-corrected chi connectivity index (χ3v) is 3.32. The van der Waals surface area contributed by atoms with Crippen LogP contribution in [-0.4, -0.2) is 38.1 Å². The maximum absolute atomic E-state index is 13.8. The molecule has 0 spiro atoms. The SMILES string of the molecule is CCCNC(CCN(C)C)Cc1cc(Cl)ccc1F. The van der Waals surface area contributed by atoms with Gasteiger partial charge in [0.25, 0.3) is 0 Å². The van der Waals surface area contributed by atoms with Crippen molar-refractivity contribution < 1.29 is 4.39 Å². The zero-order chi connectivity index (χ0) is 14.3. The molecule has 1 unspecified atom stereocenters. The molecule has 108 valence electrons. The fraction of sp³-hybridized carbons (Fsp3) is 0.600. The van der Waals surface area contributed by atoms with Crippen molar-refractivity contribution in [2.75, 3.05) is 27.2 Å². The number of nitrogens with one attached hydrogen (secondary N) is 1. The molecule has 0 saturated carbocycles. The Morgan fingerprint density at radius 1 is 1.37 bits per heavy atom. The highest BCUT2D eigenvalue weighted by Crippen LogP contribution is 2.17. The Hall–Kier alpha value is -0.640. The summed E-state index contributed by atoms with van der Waals surface area (Å²) in [7, 11) is 4.10. The molecule has 1 aromatic carbocycles. The van der Waals surface area contributed by atoms with Crippen LogP contribution < -0.4 is 5.32 Å². The molecule has 2 nitrogen and oxygen atoms in total. The van der Waals surface area contributed by atoms with Gasteiger partial charge in [-0.1, -0.05) is 18.5 Å². The monoisotopic (exact) mass is 286 g/mol. The molecule has 0 heterocycles. The standard InChI is InChI=1S/C15H24ClFN2/c1-4-8-18-14(7-9-19(2)3)11-12-10-13(16)5-6-15(12)17/h5-6,10,14,18H,4,7-9,11H2,1-3H3. The Labute approximate surface area is 120 Å². The minimum Gasteiger partial charge on any atom is -0.314 e. The number of halogens is 2. The summed E-state index contributed by atoms with van der Waals surface area (Å²) in [6, 6.07) is 5.05. The fourth-order valence-corrected chi connectivity index (χ4v) is 2.20. The van der Waals surface area contributed by atoms with Crippen molar-refractivity contribution in [2.24, 2.45) is 0 Å². The van der Waals surface area contributed by atoms with E-state index in [9.17, 15) is 4.39 Å². The number of rotatable bonds is 8. The number of nitrogens with zero attached hydrogens (tertiary/aromatic N) is 1. The Kier molecular flexibility index (Phi) is 7.36. The van der Waals surface area contributed by atoms with Gasteiger partial charge >= 0.3 is 0 Å². The van der Waals surface area contributed by atoms with Crippen molar-refractivity contribution in [2.45, 2.75) is 32.2 Å². The lowest BCUT2D eigenvalue weighted by Gasteiger charge is -2.21. The summed E-state index contributed by atoms with van der Waals surface area (Å²) >= 11 is 5.94. The van der Waals surface area contributed by atoms with Crippen LogP contribution in [0.4, 0.5) is 4.39 Å². The molecule has 0 aliphatic carbocycles. The minimum absolute atomic E-state index is 0.169. The van der Waals surface area contributed by atoms with E-state index in [0.717, 1.165) is 25.9 Å². The normalized spacial score (nSPS) is 12.9. The topological polar surface area (TPSA) is 15.3 Å². The molecule has 0 saturated heterocycles. The van der Waals surface area contributed by atoms with Crippen LogP contribution in [0.1, 0.15) is 25.3 Å². The van der Waals surface area contributed by atoms with E-state index in [2.05, 4.69) is 31.2 Å². The molecular weight excluding hydrogens is 263 g/mol. The molecule has 1 rings (SSSR count). The first-order chi connectivity index (χ1) is 9.02. The first-order valence-electron chi connectivity index (χ1n) is 6.85. The van der Waals surface area contributed by atoms with Gasteiger partial charge in [-0.3, -0.25) is 0 Å². The van der Waals surface area contributed by atoms with E-state index in [-0.39, 0.29) is 11.9 Å². The van der Waals surface area contributed by atoms with Crippen molar-refractivity contribution in [1.82, 2.24) is 10.2 Å². The van der Waals surface area contributed by atoms with Crippen molar-refractivity contribution in [3.8, 4) is 0 Å². The van der Waals surface area contributed by atoms with Gasteiger partial charge in [0.05, 0.1) is 0 Å². The van der Waals surface area contributed by atoms with Crippen molar-refractivity contribution in [3.05, 3.63) is 34.6 Å². The smallest absolute Gasteiger partial charge is 0.126 e. The summed E-state index contributed by atoms with van der Waals surface area (Å²) in [4.78, 5) is 2.15. The molecule has 0 fully saturated rings. The van der Waals surface area contributed by atoms with Gasteiger partial charge in [0.15, 0.2) is 0 Å². The molecule has 1 aromatic rings. The van der Waals surface area contributed by atoms with Gasteiger partial charge in [-0.05, 0) is 70.2 Å². The van der Waals surface area contributed by atoms with Crippen LogP contribution >= 0.6 is 11.6 Å². The molecule has 1 atom stereocenters. The van der Waals surface area contributed by atoms with E-state index >= 15 is 0 Å². The van der Waals surface area contributed by atoms with Gasteiger partial charge < -0.3 is 10.2 Å². The van der Waals surface area contributed by atoms with Crippen LogP contribution in [0.25, 0.3) is 0 Å². The van der Waals surface area contributed by atoms with E-state index in [0.29, 0.717) is 17.0 Å². The second-order valence-corrected chi connectivity index (χ2v) is 5.62. The number of hydrogen-bond donors (Lipinski definition) is 1. The van der Waals surface area contributed by atoms with Crippen molar-refractivity contribution >= 4 is 11.6 Å². The molecule has 1 N–H and O–H groups in total. The van der Waals surface area contributed by atoms with Crippen LogP contribution in [0.5, 0.6) is 0 Å². The summed E-state index contributed by atoms with van der Waals surface area (Å²) < 4.78 is 13.8. The van der Waals surface area contributed by atoms with Gasteiger partial charge in [-0.2, -0.15) is 0 Å². The molecule has 0 aliphatic heterocycles. The quantitative estimate of drug-likeness (QED) is 0.788. The van der Waals surface area contributed by atoms with E-state index in [1.165, 1.54) is 6.07 Å². The molecule has 0 amide bonds. The number of benzene rings is 1. The van der Waals surface area contributed by atoms with Crippen LogP contribution in [0.2, 0.25) is 5.02 Å². The van der Waals surface area contributed by atoms with Crippen LogP contribution in [0.15, 0.2) is 18.2 Å². The van der Waals surface area contributed by atoms with Crippen LogP contribution in [0.3, 0.4) is 0 Å². The summed E-state index contributed by atoms with van der Waals surface area (Å²) in [5.74, 6) is -0.169.